The van der Waals surface area contributed by atoms with Gasteiger partial charge in [0.05, 0.1) is 0 Å². The van der Waals surface area contributed by atoms with Crippen LogP contribution < -0.4 is 0 Å². The van der Waals surface area contributed by atoms with Gasteiger partial charge in [-0.05, 0) is 78.3 Å². The van der Waals surface area contributed by atoms with Crippen LogP contribution in [0.2, 0.25) is 0 Å². The molecule has 0 aliphatic heterocycles. The summed E-state index contributed by atoms with van der Waals surface area (Å²) in [5.41, 5.74) is 10.6. The zero-order chi connectivity index (χ0) is 32.8. The van der Waals surface area contributed by atoms with Gasteiger partial charge in [0, 0.05) is 27.1 Å². The molecule has 0 N–H and O–H groups in total. The quantitative estimate of drug-likeness (QED) is 0.180. The first-order chi connectivity index (χ1) is 24.8. The average molecular weight is 637 g/mol. The molecule has 0 saturated carbocycles. The van der Waals surface area contributed by atoms with Gasteiger partial charge in [0.2, 0.25) is 0 Å². The van der Waals surface area contributed by atoms with Crippen LogP contribution in [0.1, 0.15) is 0 Å². The smallest absolute Gasteiger partial charge is 0.144 e. The van der Waals surface area contributed by atoms with E-state index in [1.165, 1.54) is 54.6 Å². The highest BCUT2D eigenvalue weighted by atomic mass is 16.3. The Morgan fingerprint density at radius 3 is 1.38 bits per heavy atom. The van der Waals surface area contributed by atoms with Crippen molar-refractivity contribution in [1.82, 2.24) is 0 Å². The molecule has 0 saturated heterocycles. The van der Waals surface area contributed by atoms with Crippen LogP contribution in [-0.2, 0) is 0 Å². The highest BCUT2D eigenvalue weighted by molar-refractivity contribution is 6.30. The molecule has 0 atom stereocenters. The monoisotopic (exact) mass is 636 g/mol. The van der Waals surface area contributed by atoms with Gasteiger partial charge in [0.25, 0.3) is 0 Å². The Labute approximate surface area is 287 Å². The molecule has 2 heteroatoms. The van der Waals surface area contributed by atoms with Gasteiger partial charge in [-0.3, -0.25) is 0 Å². The summed E-state index contributed by atoms with van der Waals surface area (Å²) < 4.78 is 13.3. The van der Waals surface area contributed by atoms with Gasteiger partial charge in [0.15, 0.2) is 0 Å². The molecule has 0 spiro atoms. The van der Waals surface area contributed by atoms with Crippen LogP contribution >= 0.6 is 0 Å². The molecule has 11 aromatic rings. The van der Waals surface area contributed by atoms with Gasteiger partial charge < -0.3 is 8.83 Å². The van der Waals surface area contributed by atoms with E-state index in [0.717, 1.165) is 55.0 Å². The highest BCUT2D eigenvalue weighted by Gasteiger charge is 2.23. The molecule has 2 nitrogen and oxygen atoms in total. The minimum atomic E-state index is 0.863. The van der Waals surface area contributed by atoms with E-state index >= 15 is 0 Å². The summed E-state index contributed by atoms with van der Waals surface area (Å²) in [6.45, 7) is 0. The molecule has 232 valence electrons. The van der Waals surface area contributed by atoms with E-state index in [-0.39, 0.29) is 0 Å². The summed E-state index contributed by atoms with van der Waals surface area (Å²) in [4.78, 5) is 0. The predicted molar refractivity (Wildman–Crippen MR) is 210 cm³/mol. The van der Waals surface area contributed by atoms with Crippen molar-refractivity contribution >= 4 is 76.2 Å². The van der Waals surface area contributed by atoms with Crippen LogP contribution in [0.3, 0.4) is 0 Å². The molecule has 2 aromatic heterocycles. The Bertz CT molecular complexity index is 3080. The number of furan rings is 2. The van der Waals surface area contributed by atoms with Crippen molar-refractivity contribution in [2.45, 2.75) is 0 Å². The van der Waals surface area contributed by atoms with Gasteiger partial charge in [-0.25, -0.2) is 0 Å². The summed E-state index contributed by atoms with van der Waals surface area (Å²) in [6, 6.07) is 60.7. The van der Waals surface area contributed by atoms with E-state index in [0.29, 0.717) is 0 Å². The first-order valence-corrected chi connectivity index (χ1v) is 17.1. The second-order valence-electron chi connectivity index (χ2n) is 13.1. The van der Waals surface area contributed by atoms with Gasteiger partial charge in [-0.15, -0.1) is 0 Å². The molecule has 50 heavy (non-hydrogen) atoms. The summed E-state index contributed by atoms with van der Waals surface area (Å²) in [6.07, 6.45) is 0. The van der Waals surface area contributed by atoms with Gasteiger partial charge in [-0.2, -0.15) is 0 Å². The Morgan fingerprint density at radius 2 is 0.740 bits per heavy atom. The number of hydrogen-bond donors (Lipinski definition) is 0. The second kappa shape index (κ2) is 10.4. The zero-order valence-electron chi connectivity index (χ0n) is 27.0. The summed E-state index contributed by atoms with van der Waals surface area (Å²) in [7, 11) is 0. The molecule has 9 aromatic carbocycles. The molecule has 0 bridgehead atoms. The second-order valence-corrected chi connectivity index (χ2v) is 13.1. The minimum Gasteiger partial charge on any atom is -0.456 e. The lowest BCUT2D eigenvalue weighted by Gasteiger charge is -2.19. The Morgan fingerprint density at radius 1 is 0.280 bits per heavy atom. The molecule has 0 aliphatic rings. The maximum absolute atomic E-state index is 6.76. The van der Waals surface area contributed by atoms with Crippen LogP contribution in [0.4, 0.5) is 0 Å². The lowest BCUT2D eigenvalue weighted by molar-refractivity contribution is 0.664. The minimum absolute atomic E-state index is 0.863. The molecule has 0 unspecified atom stereocenters. The van der Waals surface area contributed by atoms with E-state index in [9.17, 15) is 0 Å². The molecular weight excluding hydrogens is 609 g/mol. The standard InChI is InChI=1S/C48H28O2/c1-2-14-29(15-3-1)44-33-18-6-8-20-35(33)45(36-21-9-7-19-34(36)44)37-27-26-32(30-16-4-5-17-31(30)37)40-28-43-46(38-22-10-12-24-41(38)49-43)47-39-23-11-13-25-42(39)50-48(40)47/h1-28H. The summed E-state index contributed by atoms with van der Waals surface area (Å²) in [5, 5.41) is 11.7. The molecule has 0 amide bonds. The fourth-order valence-electron chi connectivity index (χ4n) is 8.39. The molecule has 2 heterocycles. The third-order valence-electron chi connectivity index (χ3n) is 10.5. The van der Waals surface area contributed by atoms with Gasteiger partial charge in [0.1, 0.15) is 22.3 Å². The van der Waals surface area contributed by atoms with Gasteiger partial charge in [-0.1, -0.05) is 152 Å². The summed E-state index contributed by atoms with van der Waals surface area (Å²) in [5.74, 6) is 0. The zero-order valence-corrected chi connectivity index (χ0v) is 27.0. The van der Waals surface area contributed by atoms with Crippen LogP contribution in [0.25, 0.3) is 110 Å². The van der Waals surface area contributed by atoms with Crippen LogP contribution in [0, 0.1) is 0 Å². The van der Waals surface area contributed by atoms with Crippen molar-refractivity contribution in [3.8, 4) is 33.4 Å². The third kappa shape index (κ3) is 3.79. The molecular formula is C48H28O2. The predicted octanol–water partition coefficient (Wildman–Crippen LogP) is 13.9. The topological polar surface area (TPSA) is 26.3 Å². The number of fused-ring (bicyclic) bond motifs is 10. The Balaban J connectivity index is 1.25. The molecule has 0 fully saturated rings. The first kappa shape index (κ1) is 27.3. The van der Waals surface area contributed by atoms with E-state index in [1.54, 1.807) is 0 Å². The summed E-state index contributed by atoms with van der Waals surface area (Å²) >= 11 is 0. The Kier molecular flexibility index (Phi) is 5.70. The SMILES string of the molecule is c1ccc(-c2c3ccccc3c(-c3ccc(-c4cc5oc6ccccc6c5c5c4oc4ccccc45)c4ccccc34)c3ccccc23)cc1. The van der Waals surface area contributed by atoms with E-state index < -0.39 is 0 Å². The maximum atomic E-state index is 6.76. The largest absolute Gasteiger partial charge is 0.456 e. The normalized spacial score (nSPS) is 12.0. The van der Waals surface area contributed by atoms with Crippen molar-refractivity contribution in [1.29, 1.82) is 0 Å². The van der Waals surface area contributed by atoms with Crippen LogP contribution in [0.5, 0.6) is 0 Å². The molecule has 0 radical (unpaired) electrons. The first-order valence-electron chi connectivity index (χ1n) is 17.1. The van der Waals surface area contributed by atoms with Crippen molar-refractivity contribution < 1.29 is 8.83 Å². The van der Waals surface area contributed by atoms with Crippen molar-refractivity contribution in [2.75, 3.05) is 0 Å². The van der Waals surface area contributed by atoms with Crippen molar-refractivity contribution in [3.63, 3.8) is 0 Å². The van der Waals surface area contributed by atoms with Crippen LogP contribution in [0.15, 0.2) is 179 Å². The number of benzene rings is 9. The van der Waals surface area contributed by atoms with Crippen molar-refractivity contribution in [3.05, 3.63) is 170 Å². The van der Waals surface area contributed by atoms with E-state index in [1.807, 2.05) is 18.2 Å². The number of rotatable bonds is 3. The van der Waals surface area contributed by atoms with E-state index in [4.69, 9.17) is 8.83 Å². The number of hydrogen-bond acceptors (Lipinski definition) is 2. The Hall–Kier alpha value is -6.64. The third-order valence-corrected chi connectivity index (χ3v) is 10.5. The number of para-hydroxylation sites is 2. The lowest BCUT2D eigenvalue weighted by Crippen LogP contribution is -1.92. The van der Waals surface area contributed by atoms with Crippen LogP contribution in [-0.4, -0.2) is 0 Å². The fraction of sp³-hybridized carbons (Fsp3) is 0. The van der Waals surface area contributed by atoms with E-state index in [2.05, 4.69) is 152 Å². The molecule has 11 rings (SSSR count). The fourth-order valence-corrected chi connectivity index (χ4v) is 8.39. The van der Waals surface area contributed by atoms with Crippen molar-refractivity contribution in [2.24, 2.45) is 0 Å². The maximum Gasteiger partial charge on any atom is 0.144 e. The lowest BCUT2D eigenvalue weighted by atomic mass is 9.83. The van der Waals surface area contributed by atoms with Gasteiger partial charge >= 0.3 is 0 Å². The average Bonchev–Trinajstić information content (AvgIpc) is 3.75. The highest BCUT2D eigenvalue weighted by Crippen LogP contribution is 2.49. The molecule has 0 aliphatic carbocycles.